The van der Waals surface area contributed by atoms with E-state index in [0.29, 0.717) is 19.6 Å². The van der Waals surface area contributed by atoms with Gasteiger partial charge in [0.2, 0.25) is 0 Å². The van der Waals surface area contributed by atoms with E-state index in [2.05, 4.69) is 5.32 Å². The number of likely N-dealkylation sites (tertiary alicyclic amines) is 1. The molecule has 1 N–H and O–H groups in total. The molecule has 1 unspecified atom stereocenters. The van der Waals surface area contributed by atoms with Crippen LogP contribution in [-0.2, 0) is 11.3 Å². The number of urea groups is 1. The molecule has 3 amide bonds. The average molecular weight is 305 g/mol. The first-order chi connectivity index (χ1) is 10.6. The number of amides is 3. The van der Waals surface area contributed by atoms with E-state index >= 15 is 0 Å². The molecule has 1 heterocycles. The van der Waals surface area contributed by atoms with Gasteiger partial charge in [-0.1, -0.05) is 30.3 Å². The highest BCUT2D eigenvalue weighted by Crippen LogP contribution is 2.12. The monoisotopic (exact) mass is 305 g/mol. The van der Waals surface area contributed by atoms with Gasteiger partial charge in [-0.05, 0) is 18.4 Å². The molecule has 1 aliphatic rings. The Morgan fingerprint density at radius 2 is 2.09 bits per heavy atom. The Kier molecular flexibility index (Phi) is 5.63. The Balaban J connectivity index is 1.84. The first kappa shape index (κ1) is 16.1. The number of methoxy groups -OCH3 is 1. The molecule has 0 aliphatic carbocycles. The largest absolute Gasteiger partial charge is 0.453 e. The van der Waals surface area contributed by atoms with Crippen LogP contribution >= 0.6 is 0 Å². The van der Waals surface area contributed by atoms with Gasteiger partial charge in [0.25, 0.3) is 0 Å². The standard InChI is InChI=1S/C16H23N3O3/c1-18(11-13-7-4-3-5-8-13)15(20)17-14-9-6-10-19(12-14)16(21)22-2/h3-5,7-8,14H,6,9-12H2,1-2H3,(H,17,20). The molecule has 6 heteroatoms. The third-order valence-corrected chi connectivity index (χ3v) is 3.79. The first-order valence-corrected chi connectivity index (χ1v) is 7.48. The van der Waals surface area contributed by atoms with Crippen LogP contribution in [0.4, 0.5) is 9.59 Å². The van der Waals surface area contributed by atoms with Gasteiger partial charge in [-0.3, -0.25) is 0 Å². The Hall–Kier alpha value is -2.24. The lowest BCUT2D eigenvalue weighted by Crippen LogP contribution is -2.52. The van der Waals surface area contributed by atoms with Crippen molar-refractivity contribution in [3.63, 3.8) is 0 Å². The summed E-state index contributed by atoms with van der Waals surface area (Å²) in [5, 5.41) is 2.99. The lowest BCUT2D eigenvalue weighted by molar-refractivity contribution is 0.107. The van der Waals surface area contributed by atoms with Crippen LogP contribution in [0.15, 0.2) is 30.3 Å². The van der Waals surface area contributed by atoms with Gasteiger partial charge in [0.15, 0.2) is 0 Å². The third-order valence-electron chi connectivity index (χ3n) is 3.79. The topological polar surface area (TPSA) is 61.9 Å². The van der Waals surface area contributed by atoms with Crippen LogP contribution in [0.2, 0.25) is 0 Å². The summed E-state index contributed by atoms with van der Waals surface area (Å²) in [6.07, 6.45) is 1.40. The molecule has 1 atom stereocenters. The van der Waals surface area contributed by atoms with Crippen LogP contribution < -0.4 is 5.32 Å². The molecule has 22 heavy (non-hydrogen) atoms. The van der Waals surface area contributed by atoms with Crippen LogP contribution in [0.1, 0.15) is 18.4 Å². The van der Waals surface area contributed by atoms with Crippen molar-refractivity contribution in [2.45, 2.75) is 25.4 Å². The van der Waals surface area contributed by atoms with E-state index in [0.717, 1.165) is 18.4 Å². The van der Waals surface area contributed by atoms with Gasteiger partial charge in [-0.2, -0.15) is 0 Å². The van der Waals surface area contributed by atoms with Crippen molar-refractivity contribution in [1.82, 2.24) is 15.1 Å². The van der Waals surface area contributed by atoms with Gasteiger partial charge < -0.3 is 19.9 Å². The number of carbonyl (C=O) groups is 2. The molecule has 0 radical (unpaired) electrons. The maximum atomic E-state index is 12.2. The molecule has 0 saturated carbocycles. The summed E-state index contributed by atoms with van der Waals surface area (Å²) < 4.78 is 4.73. The summed E-state index contributed by atoms with van der Waals surface area (Å²) in [4.78, 5) is 27.1. The van der Waals surface area contributed by atoms with Gasteiger partial charge in [-0.15, -0.1) is 0 Å². The molecular formula is C16H23N3O3. The number of hydrogen-bond donors (Lipinski definition) is 1. The highest BCUT2D eigenvalue weighted by Gasteiger charge is 2.25. The van der Waals surface area contributed by atoms with Crippen molar-refractivity contribution in [3.05, 3.63) is 35.9 Å². The average Bonchev–Trinajstić information content (AvgIpc) is 2.55. The summed E-state index contributed by atoms with van der Waals surface area (Å²) in [7, 11) is 3.14. The molecule has 0 bridgehead atoms. The van der Waals surface area contributed by atoms with E-state index in [1.807, 2.05) is 30.3 Å². The minimum atomic E-state index is -0.336. The van der Waals surface area contributed by atoms with Crippen molar-refractivity contribution in [2.24, 2.45) is 0 Å². The molecule has 120 valence electrons. The molecule has 6 nitrogen and oxygen atoms in total. The van der Waals surface area contributed by atoms with E-state index in [1.165, 1.54) is 7.11 Å². The number of piperidine rings is 1. The van der Waals surface area contributed by atoms with Crippen molar-refractivity contribution in [3.8, 4) is 0 Å². The number of nitrogens with one attached hydrogen (secondary N) is 1. The molecule has 1 aliphatic heterocycles. The molecular weight excluding hydrogens is 282 g/mol. The minimum absolute atomic E-state index is 0.0291. The van der Waals surface area contributed by atoms with Gasteiger partial charge in [0.1, 0.15) is 0 Å². The van der Waals surface area contributed by atoms with Gasteiger partial charge in [0, 0.05) is 32.7 Å². The zero-order valence-corrected chi connectivity index (χ0v) is 13.1. The van der Waals surface area contributed by atoms with Crippen molar-refractivity contribution in [2.75, 3.05) is 27.2 Å². The van der Waals surface area contributed by atoms with E-state index in [4.69, 9.17) is 4.74 Å². The number of benzene rings is 1. The first-order valence-electron chi connectivity index (χ1n) is 7.48. The lowest BCUT2D eigenvalue weighted by atomic mass is 10.1. The second kappa shape index (κ2) is 7.68. The summed E-state index contributed by atoms with van der Waals surface area (Å²) >= 11 is 0. The van der Waals surface area contributed by atoms with Gasteiger partial charge in [0.05, 0.1) is 7.11 Å². The van der Waals surface area contributed by atoms with Crippen LogP contribution in [0.25, 0.3) is 0 Å². The highest BCUT2D eigenvalue weighted by molar-refractivity contribution is 5.74. The van der Waals surface area contributed by atoms with E-state index < -0.39 is 0 Å². The van der Waals surface area contributed by atoms with Crippen LogP contribution in [0.3, 0.4) is 0 Å². The predicted octanol–water partition coefficient (Wildman–Crippen LogP) is 2.06. The lowest BCUT2D eigenvalue weighted by Gasteiger charge is -2.33. The molecule has 2 rings (SSSR count). The maximum absolute atomic E-state index is 12.2. The number of nitrogens with zero attached hydrogens (tertiary/aromatic N) is 2. The van der Waals surface area contributed by atoms with Crippen molar-refractivity contribution < 1.29 is 14.3 Å². The number of ether oxygens (including phenoxy) is 1. The second-order valence-corrected chi connectivity index (χ2v) is 5.55. The van der Waals surface area contributed by atoms with Crippen LogP contribution in [0.5, 0.6) is 0 Å². The molecule has 1 saturated heterocycles. The fourth-order valence-corrected chi connectivity index (χ4v) is 2.60. The quantitative estimate of drug-likeness (QED) is 0.930. The fourth-order valence-electron chi connectivity index (χ4n) is 2.60. The fraction of sp³-hybridized carbons (Fsp3) is 0.500. The minimum Gasteiger partial charge on any atom is -0.453 e. The molecule has 1 aromatic rings. The summed E-state index contributed by atoms with van der Waals surface area (Å²) in [5.41, 5.74) is 1.08. The number of hydrogen-bond acceptors (Lipinski definition) is 3. The van der Waals surface area contributed by atoms with E-state index in [1.54, 1.807) is 16.8 Å². The smallest absolute Gasteiger partial charge is 0.409 e. The second-order valence-electron chi connectivity index (χ2n) is 5.55. The predicted molar refractivity (Wildman–Crippen MR) is 83.4 cm³/mol. The Bertz CT molecular complexity index is 507. The van der Waals surface area contributed by atoms with Crippen LogP contribution in [0, 0.1) is 0 Å². The third kappa shape index (κ3) is 4.38. The Labute approximate surface area is 131 Å². The van der Waals surface area contributed by atoms with Crippen molar-refractivity contribution >= 4 is 12.1 Å². The Morgan fingerprint density at radius 3 is 2.77 bits per heavy atom. The normalized spacial score (nSPS) is 17.7. The number of carbonyl (C=O) groups excluding carboxylic acids is 2. The number of rotatable bonds is 3. The van der Waals surface area contributed by atoms with Crippen molar-refractivity contribution in [1.29, 1.82) is 0 Å². The van der Waals surface area contributed by atoms with E-state index in [-0.39, 0.29) is 18.2 Å². The van der Waals surface area contributed by atoms with Crippen LogP contribution in [-0.4, -0.2) is 55.2 Å². The molecule has 1 aromatic carbocycles. The highest BCUT2D eigenvalue weighted by atomic mass is 16.5. The maximum Gasteiger partial charge on any atom is 0.409 e. The Morgan fingerprint density at radius 1 is 1.36 bits per heavy atom. The van der Waals surface area contributed by atoms with Gasteiger partial charge in [-0.25, -0.2) is 9.59 Å². The molecule has 0 spiro atoms. The summed E-state index contributed by atoms with van der Waals surface area (Å²) in [6, 6.07) is 9.69. The zero-order chi connectivity index (χ0) is 15.9. The molecule has 1 fully saturated rings. The molecule has 0 aromatic heterocycles. The summed E-state index contributed by atoms with van der Waals surface area (Å²) in [6.45, 7) is 1.73. The SMILES string of the molecule is COC(=O)N1CCCC(NC(=O)N(C)Cc2ccccc2)C1. The zero-order valence-electron chi connectivity index (χ0n) is 13.1. The van der Waals surface area contributed by atoms with E-state index in [9.17, 15) is 9.59 Å². The summed E-state index contributed by atoms with van der Waals surface area (Å²) in [5.74, 6) is 0. The van der Waals surface area contributed by atoms with Gasteiger partial charge >= 0.3 is 12.1 Å².